The first kappa shape index (κ1) is 20.2. The Hall–Kier alpha value is -0.840. The lowest BCUT2D eigenvalue weighted by Crippen LogP contribution is -2.42. The minimum Gasteiger partial charge on any atom is -0.338 e. The van der Waals surface area contributed by atoms with E-state index < -0.39 is 0 Å². The summed E-state index contributed by atoms with van der Waals surface area (Å²) >= 11 is 0. The van der Waals surface area contributed by atoms with Crippen LogP contribution in [0.15, 0.2) is 12.1 Å². The number of amides is 1. The Morgan fingerprint density at radius 2 is 2.10 bits per heavy atom. The van der Waals surface area contributed by atoms with Crippen molar-refractivity contribution in [3.8, 4) is 0 Å². The molecule has 1 aromatic heterocycles. The van der Waals surface area contributed by atoms with E-state index in [1.54, 1.807) is 0 Å². The molecular weight excluding hydrogens is 309 g/mol. The Labute approximate surface area is 139 Å². The molecule has 0 aromatic carbocycles. The Kier molecular flexibility index (Phi) is 8.86. The number of hydrogen-bond donors (Lipinski definition) is 1. The molecule has 2 rings (SSSR count). The monoisotopic (exact) mass is 333 g/mol. The first-order valence-electron chi connectivity index (χ1n) is 7.00. The zero-order valence-electron chi connectivity index (χ0n) is 12.9. The van der Waals surface area contributed by atoms with Gasteiger partial charge in [-0.2, -0.15) is 0 Å². The summed E-state index contributed by atoms with van der Waals surface area (Å²) in [6, 6.07) is 3.82. The van der Waals surface area contributed by atoms with Gasteiger partial charge in [-0.15, -0.1) is 24.8 Å². The van der Waals surface area contributed by atoms with Crippen LogP contribution >= 0.6 is 24.8 Å². The van der Waals surface area contributed by atoms with E-state index in [2.05, 4.69) is 10.3 Å². The molecule has 2 heterocycles. The second-order valence-corrected chi connectivity index (χ2v) is 5.40. The molecule has 0 aliphatic carbocycles. The largest absolute Gasteiger partial charge is 0.338 e. The topological polar surface area (TPSA) is 45.2 Å². The fourth-order valence-electron chi connectivity index (χ4n) is 2.79. The van der Waals surface area contributed by atoms with Gasteiger partial charge in [0.2, 0.25) is 0 Å². The van der Waals surface area contributed by atoms with E-state index in [1.165, 1.54) is 6.42 Å². The number of likely N-dealkylation sites (tertiary alicyclic amines) is 1. The maximum Gasteiger partial charge on any atom is 0.255 e. The first-order chi connectivity index (χ1) is 9.11. The highest BCUT2D eigenvalue weighted by Crippen LogP contribution is 2.19. The molecule has 0 saturated carbocycles. The van der Waals surface area contributed by atoms with Gasteiger partial charge in [-0.05, 0) is 58.3 Å². The van der Waals surface area contributed by atoms with Crippen LogP contribution in [0.1, 0.15) is 34.6 Å². The molecule has 1 N–H and O–H groups in total. The molecule has 1 amide bonds. The lowest BCUT2D eigenvalue weighted by molar-refractivity contribution is 0.0673. The van der Waals surface area contributed by atoms with E-state index in [1.807, 2.05) is 37.9 Å². The standard InChI is InChI=1S/C15H23N3O.2ClH/c1-11-6-7-14(12(2)17-11)15(19)18-8-4-5-13(10-18)9-16-3;;/h6-7,13,16H,4-5,8-10H2,1-3H3;2*1H. The Balaban J connectivity index is 0.00000200. The summed E-state index contributed by atoms with van der Waals surface area (Å²) in [5, 5.41) is 3.21. The SMILES string of the molecule is CNCC1CCCN(C(=O)c2ccc(C)nc2C)C1.Cl.Cl. The van der Waals surface area contributed by atoms with Crippen LogP contribution in [0.2, 0.25) is 0 Å². The molecule has 1 aromatic rings. The highest BCUT2D eigenvalue weighted by Gasteiger charge is 2.25. The van der Waals surface area contributed by atoms with Crippen molar-refractivity contribution in [1.82, 2.24) is 15.2 Å². The second kappa shape index (κ2) is 9.23. The number of nitrogens with zero attached hydrogens (tertiary/aromatic N) is 2. The molecule has 120 valence electrons. The van der Waals surface area contributed by atoms with Crippen molar-refractivity contribution in [3.05, 3.63) is 29.1 Å². The molecule has 1 unspecified atom stereocenters. The summed E-state index contributed by atoms with van der Waals surface area (Å²) in [6.45, 7) is 6.56. The number of hydrogen-bond acceptors (Lipinski definition) is 3. The molecule has 1 atom stereocenters. The third kappa shape index (κ3) is 5.13. The van der Waals surface area contributed by atoms with E-state index in [-0.39, 0.29) is 30.7 Å². The van der Waals surface area contributed by atoms with E-state index in [0.717, 1.165) is 43.0 Å². The van der Waals surface area contributed by atoms with Gasteiger partial charge < -0.3 is 10.2 Å². The highest BCUT2D eigenvalue weighted by molar-refractivity contribution is 5.95. The lowest BCUT2D eigenvalue weighted by atomic mass is 9.97. The van der Waals surface area contributed by atoms with Gasteiger partial charge in [-0.1, -0.05) is 0 Å². The number of piperidine rings is 1. The van der Waals surface area contributed by atoms with E-state index >= 15 is 0 Å². The molecule has 4 nitrogen and oxygen atoms in total. The highest BCUT2D eigenvalue weighted by atomic mass is 35.5. The smallest absolute Gasteiger partial charge is 0.255 e. The summed E-state index contributed by atoms with van der Waals surface area (Å²) in [7, 11) is 1.97. The molecule has 1 aliphatic heterocycles. The number of carbonyl (C=O) groups excluding carboxylic acids is 1. The van der Waals surface area contributed by atoms with Crippen molar-refractivity contribution in [2.45, 2.75) is 26.7 Å². The van der Waals surface area contributed by atoms with E-state index in [4.69, 9.17) is 0 Å². The fraction of sp³-hybridized carbons (Fsp3) is 0.600. The molecule has 1 aliphatic rings. The maximum absolute atomic E-state index is 12.5. The maximum atomic E-state index is 12.5. The van der Waals surface area contributed by atoms with Crippen LogP contribution in [0.25, 0.3) is 0 Å². The van der Waals surface area contributed by atoms with Crippen LogP contribution in [0.3, 0.4) is 0 Å². The zero-order chi connectivity index (χ0) is 13.8. The second-order valence-electron chi connectivity index (χ2n) is 5.40. The van der Waals surface area contributed by atoms with Gasteiger partial charge in [0.15, 0.2) is 0 Å². The van der Waals surface area contributed by atoms with Crippen molar-refractivity contribution in [3.63, 3.8) is 0 Å². The number of carbonyl (C=O) groups is 1. The van der Waals surface area contributed by atoms with Crippen LogP contribution in [0.5, 0.6) is 0 Å². The lowest BCUT2D eigenvalue weighted by Gasteiger charge is -2.33. The van der Waals surface area contributed by atoms with Crippen LogP contribution in [0, 0.1) is 19.8 Å². The first-order valence-corrected chi connectivity index (χ1v) is 7.00. The number of pyridine rings is 1. The number of rotatable bonds is 3. The van der Waals surface area contributed by atoms with Crippen LogP contribution < -0.4 is 5.32 Å². The van der Waals surface area contributed by atoms with E-state index in [9.17, 15) is 4.79 Å². The molecule has 1 saturated heterocycles. The van der Waals surface area contributed by atoms with Crippen LogP contribution in [0.4, 0.5) is 0 Å². The summed E-state index contributed by atoms with van der Waals surface area (Å²) in [6.07, 6.45) is 2.30. The van der Waals surface area contributed by atoms with Crippen molar-refractivity contribution < 1.29 is 4.79 Å². The molecule has 0 bridgehead atoms. The summed E-state index contributed by atoms with van der Waals surface area (Å²) < 4.78 is 0. The number of nitrogens with one attached hydrogen (secondary N) is 1. The quantitative estimate of drug-likeness (QED) is 0.924. The van der Waals surface area contributed by atoms with Crippen LogP contribution in [-0.2, 0) is 0 Å². The molecule has 0 radical (unpaired) electrons. The third-order valence-corrected chi connectivity index (χ3v) is 3.75. The number of aromatic nitrogens is 1. The van der Waals surface area contributed by atoms with Gasteiger partial charge in [0.1, 0.15) is 0 Å². The number of halogens is 2. The van der Waals surface area contributed by atoms with Gasteiger partial charge >= 0.3 is 0 Å². The summed E-state index contributed by atoms with van der Waals surface area (Å²) in [5.74, 6) is 0.701. The molecule has 0 spiro atoms. The normalized spacial score (nSPS) is 17.7. The summed E-state index contributed by atoms with van der Waals surface area (Å²) in [5.41, 5.74) is 2.54. The Morgan fingerprint density at radius 3 is 2.71 bits per heavy atom. The minimum atomic E-state index is 0. The average molecular weight is 334 g/mol. The van der Waals surface area contributed by atoms with Crippen molar-refractivity contribution >= 4 is 30.7 Å². The van der Waals surface area contributed by atoms with Crippen molar-refractivity contribution in [2.24, 2.45) is 5.92 Å². The molecule has 1 fully saturated rings. The predicted octanol–water partition coefficient (Wildman–Crippen LogP) is 2.61. The number of aryl methyl sites for hydroxylation is 2. The van der Waals surface area contributed by atoms with Gasteiger partial charge in [0.05, 0.1) is 11.3 Å². The zero-order valence-corrected chi connectivity index (χ0v) is 14.5. The van der Waals surface area contributed by atoms with E-state index in [0.29, 0.717) is 5.92 Å². The predicted molar refractivity (Wildman–Crippen MR) is 90.8 cm³/mol. The Morgan fingerprint density at radius 1 is 1.38 bits per heavy atom. The van der Waals surface area contributed by atoms with Crippen molar-refractivity contribution in [2.75, 3.05) is 26.7 Å². The van der Waals surface area contributed by atoms with Crippen molar-refractivity contribution in [1.29, 1.82) is 0 Å². The van der Waals surface area contributed by atoms with Gasteiger partial charge in [-0.25, -0.2) is 0 Å². The molecule has 6 heteroatoms. The Bertz CT molecular complexity index is 466. The molecular formula is C15H25Cl2N3O. The average Bonchev–Trinajstić information content (AvgIpc) is 2.39. The third-order valence-electron chi connectivity index (χ3n) is 3.75. The minimum absolute atomic E-state index is 0. The molecule has 21 heavy (non-hydrogen) atoms. The van der Waals surface area contributed by atoms with Gasteiger partial charge in [0, 0.05) is 18.8 Å². The fourth-order valence-corrected chi connectivity index (χ4v) is 2.79. The van der Waals surface area contributed by atoms with Gasteiger partial charge in [0.25, 0.3) is 5.91 Å². The summed E-state index contributed by atoms with van der Waals surface area (Å²) in [4.78, 5) is 18.9. The van der Waals surface area contributed by atoms with Crippen LogP contribution in [-0.4, -0.2) is 42.5 Å². The van der Waals surface area contributed by atoms with Gasteiger partial charge in [-0.3, -0.25) is 9.78 Å².